The van der Waals surface area contributed by atoms with Crippen LogP contribution in [0, 0.1) is 63.6 Å². The number of allylic oxidation sites excluding steroid dienone is 3. The van der Waals surface area contributed by atoms with E-state index in [1.807, 2.05) is 34.1 Å². The molecule has 0 amide bonds. The third-order valence-corrected chi connectivity index (χ3v) is 20.6. The molecule has 5 N–H and O–H groups in total. The van der Waals surface area contributed by atoms with Gasteiger partial charge in [-0.05, 0) is 130 Å². The standard InChI is InChI=1S/C46H64N2O6S2/c1-43(2)19-27(48-14-13-47-24-48)22-56-55-21-26-16-33(31-15-25-7-6-10-29-28-8-4-5-9-30(28)41(43)40(39(25)29)42(31)53)45(23-49)12-11-32-34(46(26,45)54)17-36(50)35-18-37(51)38(52)20-44(32,35)3/h13-14,17,24-28,31-33,35,37-38,40,42,49,51-54H,4-12,15-16,18-23H2,1-3H3/t25-,26+,27-,28-,31-,32-,33+,35-,37+,38-,40+,42-,44+,45-,46+/m0/s1. The number of hydrogen-bond acceptors (Lipinski definition) is 9. The number of carbonyl (C=O) groups excluding carboxylic acids is 1. The molecule has 10 rings (SSSR count). The third kappa shape index (κ3) is 5.36. The van der Waals surface area contributed by atoms with Crippen molar-refractivity contribution in [3.8, 4) is 0 Å². The molecule has 15 atom stereocenters. The molecule has 306 valence electrons. The first-order valence-electron chi connectivity index (χ1n) is 22.2. The van der Waals surface area contributed by atoms with E-state index >= 15 is 0 Å². The number of aromatic nitrogens is 2. The lowest BCUT2D eigenvalue weighted by atomic mass is 9.44. The number of aliphatic hydroxyl groups excluding tert-OH is 4. The summed E-state index contributed by atoms with van der Waals surface area (Å²) in [5.41, 5.74) is 4.05. The Bertz CT molecular complexity index is 1840. The van der Waals surface area contributed by atoms with Gasteiger partial charge in [0.2, 0.25) is 0 Å². The van der Waals surface area contributed by atoms with E-state index in [1.165, 1.54) is 31.3 Å². The van der Waals surface area contributed by atoms with Crippen molar-refractivity contribution in [3.05, 3.63) is 52.7 Å². The van der Waals surface area contributed by atoms with E-state index in [0.717, 1.165) is 43.4 Å². The van der Waals surface area contributed by atoms with Gasteiger partial charge in [-0.1, -0.05) is 71.1 Å². The molecule has 6 fully saturated rings. The largest absolute Gasteiger partial charge is 0.396 e. The van der Waals surface area contributed by atoms with E-state index < -0.39 is 40.7 Å². The summed E-state index contributed by atoms with van der Waals surface area (Å²) in [4.78, 5) is 18.7. The smallest absolute Gasteiger partial charge is 0.159 e. The normalized spacial score (nSPS) is 48.6. The van der Waals surface area contributed by atoms with Crippen LogP contribution in [0.5, 0.6) is 0 Å². The number of hydrogen-bond donors (Lipinski definition) is 5. The predicted octanol–water partition coefficient (Wildman–Crippen LogP) is 7.23. The van der Waals surface area contributed by atoms with Gasteiger partial charge < -0.3 is 30.1 Å². The van der Waals surface area contributed by atoms with Crippen LogP contribution >= 0.6 is 21.6 Å². The maximum atomic E-state index is 14.2. The number of ketones is 1. The fourth-order valence-corrected chi connectivity index (χ4v) is 18.6. The lowest BCUT2D eigenvalue weighted by Crippen LogP contribution is -2.65. The quantitative estimate of drug-likeness (QED) is 0.155. The van der Waals surface area contributed by atoms with Gasteiger partial charge in [0.15, 0.2) is 5.78 Å². The Morgan fingerprint density at radius 2 is 1.71 bits per heavy atom. The van der Waals surface area contributed by atoms with Crippen LogP contribution in [0.15, 0.2) is 52.7 Å². The van der Waals surface area contributed by atoms with Gasteiger partial charge in [-0.2, -0.15) is 0 Å². The first kappa shape index (κ1) is 38.8. The van der Waals surface area contributed by atoms with Crippen molar-refractivity contribution in [2.75, 3.05) is 18.1 Å². The van der Waals surface area contributed by atoms with Gasteiger partial charge in [0.05, 0.1) is 36.8 Å². The second-order valence-corrected chi connectivity index (χ2v) is 23.4. The van der Waals surface area contributed by atoms with Crippen LogP contribution in [0.2, 0.25) is 0 Å². The van der Waals surface area contributed by atoms with E-state index in [-0.39, 0.29) is 59.9 Å². The van der Waals surface area contributed by atoms with Crippen LogP contribution in [0.3, 0.4) is 0 Å². The fraction of sp³-hybridized carbons (Fsp3) is 0.783. The molecule has 1 saturated heterocycles. The lowest BCUT2D eigenvalue weighted by molar-refractivity contribution is -0.172. The maximum absolute atomic E-state index is 14.2. The summed E-state index contributed by atoms with van der Waals surface area (Å²) >= 11 is 0. The molecule has 0 spiro atoms. The van der Waals surface area contributed by atoms with Gasteiger partial charge >= 0.3 is 0 Å². The molecule has 56 heavy (non-hydrogen) atoms. The molecule has 1 aliphatic heterocycles. The summed E-state index contributed by atoms with van der Waals surface area (Å²) in [7, 11) is 3.69. The Labute approximate surface area is 340 Å². The summed E-state index contributed by atoms with van der Waals surface area (Å²) in [6.45, 7) is 6.83. The van der Waals surface area contributed by atoms with Gasteiger partial charge in [0.1, 0.15) is 0 Å². The molecule has 9 aliphatic rings. The van der Waals surface area contributed by atoms with Gasteiger partial charge in [-0.3, -0.25) is 4.79 Å². The van der Waals surface area contributed by atoms with E-state index in [4.69, 9.17) is 0 Å². The summed E-state index contributed by atoms with van der Waals surface area (Å²) < 4.78 is 2.29. The molecular formula is C46H64N2O6S2. The maximum Gasteiger partial charge on any atom is 0.159 e. The third-order valence-electron chi connectivity index (χ3n) is 18.1. The number of nitrogens with zero attached hydrogens (tertiary/aromatic N) is 2. The zero-order valence-corrected chi connectivity index (χ0v) is 35.2. The van der Waals surface area contributed by atoms with Crippen LogP contribution < -0.4 is 0 Å². The monoisotopic (exact) mass is 804 g/mol. The number of carbonyl (C=O) groups is 1. The Balaban J connectivity index is 1.14. The Hall–Kier alpha value is -1.40. The number of aliphatic hydroxyl groups is 5. The van der Waals surface area contributed by atoms with E-state index in [1.54, 1.807) is 22.8 Å². The average molecular weight is 805 g/mol. The molecule has 5 saturated carbocycles. The molecule has 1 aromatic rings. The second-order valence-electron chi connectivity index (χ2n) is 20.8. The Morgan fingerprint density at radius 1 is 0.911 bits per heavy atom. The highest BCUT2D eigenvalue weighted by Gasteiger charge is 2.73. The van der Waals surface area contributed by atoms with E-state index in [2.05, 4.69) is 36.5 Å². The van der Waals surface area contributed by atoms with Gasteiger partial charge in [-0.15, -0.1) is 0 Å². The van der Waals surface area contributed by atoms with Crippen molar-refractivity contribution in [2.45, 2.75) is 141 Å². The minimum Gasteiger partial charge on any atom is -0.396 e. The molecule has 10 heteroatoms. The molecule has 4 bridgehead atoms. The van der Waals surface area contributed by atoms with Gasteiger partial charge in [0.25, 0.3) is 0 Å². The van der Waals surface area contributed by atoms with Crippen molar-refractivity contribution in [1.29, 1.82) is 0 Å². The molecule has 0 radical (unpaired) electrons. The van der Waals surface area contributed by atoms with Crippen LogP contribution in [0.1, 0.15) is 117 Å². The molecule has 1 aromatic heterocycles. The topological polar surface area (TPSA) is 136 Å². The second kappa shape index (κ2) is 13.8. The van der Waals surface area contributed by atoms with Crippen molar-refractivity contribution < 1.29 is 30.3 Å². The summed E-state index contributed by atoms with van der Waals surface area (Å²) in [6, 6.07) is 0.204. The van der Waals surface area contributed by atoms with Gasteiger partial charge in [0, 0.05) is 59.0 Å². The minimum atomic E-state index is -1.42. The van der Waals surface area contributed by atoms with Crippen LogP contribution in [-0.4, -0.2) is 82.9 Å². The number of fused-ring (bicyclic) bond motifs is 13. The van der Waals surface area contributed by atoms with Gasteiger partial charge in [-0.25, -0.2) is 4.98 Å². The first-order valence-corrected chi connectivity index (χ1v) is 24.6. The highest BCUT2D eigenvalue weighted by molar-refractivity contribution is 8.76. The lowest BCUT2D eigenvalue weighted by Gasteiger charge is -2.62. The summed E-state index contributed by atoms with van der Waals surface area (Å²) in [5, 5.41) is 61.0. The Morgan fingerprint density at radius 3 is 2.50 bits per heavy atom. The van der Waals surface area contributed by atoms with Crippen LogP contribution in [0.4, 0.5) is 0 Å². The molecule has 0 aromatic carbocycles. The number of rotatable bonds is 2. The highest BCUT2D eigenvalue weighted by Crippen LogP contribution is 2.72. The SMILES string of the molecule is CC1(C)C[C@H](n2ccnc2)CSSC[C@H]2C[C@H]([C@@H]3C[C@@H]4CCCC5=C4[C@H](C1=C1CCCC[C@@H]51)[C@H]3O)[C@@]1(CO)CC[C@H]3C(=CC(=O)[C@@H]4C[C@@H](O)[C@@H](O)C[C@@]43C)[C@]21O. The zero-order valence-electron chi connectivity index (χ0n) is 33.6. The fourth-order valence-electron chi connectivity index (χ4n) is 15.8. The van der Waals surface area contributed by atoms with Crippen LogP contribution in [0.25, 0.3) is 0 Å². The molecule has 8 nitrogen and oxygen atoms in total. The van der Waals surface area contributed by atoms with E-state index in [9.17, 15) is 30.3 Å². The van der Waals surface area contributed by atoms with Crippen LogP contribution in [-0.2, 0) is 4.79 Å². The van der Waals surface area contributed by atoms with Crippen molar-refractivity contribution >= 4 is 27.4 Å². The number of imidazole rings is 1. The summed E-state index contributed by atoms with van der Waals surface area (Å²) in [6.07, 6.45) is 18.0. The molecule has 8 aliphatic carbocycles. The van der Waals surface area contributed by atoms with Crippen molar-refractivity contribution in [3.63, 3.8) is 0 Å². The zero-order chi connectivity index (χ0) is 38.9. The summed E-state index contributed by atoms with van der Waals surface area (Å²) in [5.74, 6) is 1.45. The average Bonchev–Trinajstić information content (AvgIpc) is 3.80. The minimum absolute atomic E-state index is 0.0358. The molecule has 2 heterocycles. The highest BCUT2D eigenvalue weighted by atomic mass is 33.1. The van der Waals surface area contributed by atoms with E-state index in [0.29, 0.717) is 43.3 Å². The predicted molar refractivity (Wildman–Crippen MR) is 220 cm³/mol. The Kier molecular flexibility index (Phi) is 9.57. The van der Waals surface area contributed by atoms with Crippen molar-refractivity contribution in [1.82, 2.24) is 9.55 Å². The molecular weight excluding hydrogens is 741 g/mol. The first-order chi connectivity index (χ1) is 26.8. The van der Waals surface area contributed by atoms with Crippen molar-refractivity contribution in [2.24, 2.45) is 63.6 Å². The molecule has 0 unspecified atom stereocenters.